The molecule has 2 amide bonds. The van der Waals surface area contributed by atoms with E-state index in [1.807, 2.05) is 24.3 Å². The van der Waals surface area contributed by atoms with E-state index in [9.17, 15) is 14.4 Å². The maximum absolute atomic E-state index is 12.5. The number of rotatable bonds is 8. The van der Waals surface area contributed by atoms with Gasteiger partial charge in [-0.05, 0) is 48.9 Å². The Morgan fingerprint density at radius 2 is 1.59 bits per heavy atom. The van der Waals surface area contributed by atoms with Gasteiger partial charge in [-0.3, -0.25) is 9.59 Å². The first-order valence-corrected chi connectivity index (χ1v) is 10.9. The molecule has 168 valence electrons. The van der Waals surface area contributed by atoms with Crippen molar-refractivity contribution in [1.29, 1.82) is 0 Å². The average Bonchev–Trinajstić information content (AvgIpc) is 3.43. The lowest BCUT2D eigenvalue weighted by Crippen LogP contribution is -2.45. The van der Waals surface area contributed by atoms with E-state index in [-0.39, 0.29) is 24.9 Å². The number of amides is 2. The van der Waals surface area contributed by atoms with Crippen LogP contribution in [0.4, 0.5) is 4.79 Å². The lowest BCUT2D eigenvalue weighted by atomic mass is 9.98. The molecule has 2 aliphatic carbocycles. The average molecular weight is 437 g/mol. The van der Waals surface area contributed by atoms with E-state index in [0.717, 1.165) is 22.3 Å². The molecule has 0 saturated heterocycles. The SMILES string of the molecule is CC(NC(=O)CC1(NC(=O)OCC2c3ccccc3-c3ccccc32)CC1)C(C)C(=O)O. The predicted octanol–water partition coefficient (Wildman–Crippen LogP) is 3.67. The molecule has 32 heavy (non-hydrogen) atoms. The molecule has 0 spiro atoms. The van der Waals surface area contributed by atoms with Crippen molar-refractivity contribution in [3.8, 4) is 11.1 Å². The number of nitrogens with one attached hydrogen (secondary N) is 2. The lowest BCUT2D eigenvalue weighted by molar-refractivity contribution is -0.142. The van der Waals surface area contributed by atoms with E-state index < -0.39 is 29.6 Å². The van der Waals surface area contributed by atoms with Crippen molar-refractivity contribution in [2.24, 2.45) is 5.92 Å². The summed E-state index contributed by atoms with van der Waals surface area (Å²) in [5, 5.41) is 14.7. The highest BCUT2D eigenvalue weighted by atomic mass is 16.5. The van der Waals surface area contributed by atoms with Gasteiger partial charge in [0.15, 0.2) is 0 Å². The molecular formula is C25H28N2O5. The number of carboxylic acids is 1. The molecule has 2 atom stereocenters. The number of ether oxygens (including phenoxy) is 1. The third-order valence-corrected chi connectivity index (χ3v) is 6.59. The van der Waals surface area contributed by atoms with Crippen LogP contribution in [0.25, 0.3) is 11.1 Å². The fourth-order valence-electron chi connectivity index (χ4n) is 4.30. The number of carbonyl (C=O) groups is 3. The van der Waals surface area contributed by atoms with Crippen LogP contribution in [0.5, 0.6) is 0 Å². The maximum atomic E-state index is 12.5. The molecule has 0 aliphatic heterocycles. The summed E-state index contributed by atoms with van der Waals surface area (Å²) in [5.41, 5.74) is 4.00. The Kier molecular flexibility index (Phi) is 5.91. The molecule has 2 aliphatic rings. The number of carboxylic acid groups (broad SMARTS) is 1. The molecule has 0 bridgehead atoms. The normalized spacial score (nSPS) is 17.4. The van der Waals surface area contributed by atoms with Crippen LogP contribution in [0, 0.1) is 5.92 Å². The summed E-state index contributed by atoms with van der Waals surface area (Å²) < 4.78 is 5.59. The van der Waals surface area contributed by atoms with Gasteiger partial charge in [0.2, 0.25) is 5.91 Å². The first kappa shape index (κ1) is 21.9. The van der Waals surface area contributed by atoms with Crippen LogP contribution in [0.3, 0.4) is 0 Å². The zero-order valence-corrected chi connectivity index (χ0v) is 18.3. The molecule has 1 fully saturated rings. The molecule has 7 nitrogen and oxygen atoms in total. The highest BCUT2D eigenvalue weighted by molar-refractivity contribution is 5.81. The first-order valence-electron chi connectivity index (χ1n) is 10.9. The van der Waals surface area contributed by atoms with Crippen LogP contribution < -0.4 is 10.6 Å². The van der Waals surface area contributed by atoms with Crippen LogP contribution in [0.15, 0.2) is 48.5 Å². The molecule has 7 heteroatoms. The Bertz CT molecular complexity index is 1000. The molecule has 2 unspecified atom stereocenters. The van der Waals surface area contributed by atoms with E-state index in [2.05, 4.69) is 34.9 Å². The van der Waals surface area contributed by atoms with Crippen molar-refractivity contribution >= 4 is 18.0 Å². The Morgan fingerprint density at radius 3 is 2.12 bits per heavy atom. The summed E-state index contributed by atoms with van der Waals surface area (Å²) in [4.78, 5) is 36.0. The second-order valence-electron chi connectivity index (χ2n) is 8.89. The number of benzene rings is 2. The molecule has 0 aromatic heterocycles. The topological polar surface area (TPSA) is 105 Å². The Balaban J connectivity index is 1.33. The fraction of sp³-hybridized carbons (Fsp3) is 0.400. The van der Waals surface area contributed by atoms with Crippen LogP contribution >= 0.6 is 0 Å². The number of fused-ring (bicyclic) bond motifs is 3. The van der Waals surface area contributed by atoms with Gasteiger partial charge in [0.05, 0.1) is 11.5 Å². The minimum Gasteiger partial charge on any atom is -0.481 e. The minimum atomic E-state index is -0.962. The minimum absolute atomic E-state index is 0.0232. The van der Waals surface area contributed by atoms with Gasteiger partial charge in [0.1, 0.15) is 6.61 Å². The second kappa shape index (κ2) is 8.65. The van der Waals surface area contributed by atoms with E-state index in [1.54, 1.807) is 13.8 Å². The van der Waals surface area contributed by atoms with Crippen molar-refractivity contribution in [3.63, 3.8) is 0 Å². The van der Waals surface area contributed by atoms with Crippen LogP contribution in [-0.2, 0) is 14.3 Å². The van der Waals surface area contributed by atoms with Gasteiger partial charge in [0.25, 0.3) is 0 Å². The van der Waals surface area contributed by atoms with Crippen molar-refractivity contribution in [1.82, 2.24) is 10.6 Å². The lowest BCUT2D eigenvalue weighted by Gasteiger charge is -2.21. The Morgan fingerprint density at radius 1 is 1.03 bits per heavy atom. The summed E-state index contributed by atoms with van der Waals surface area (Å²) in [5.74, 6) is -1.95. The number of hydrogen-bond donors (Lipinski definition) is 3. The Hall–Kier alpha value is -3.35. The molecule has 3 N–H and O–H groups in total. The smallest absolute Gasteiger partial charge is 0.407 e. The van der Waals surface area contributed by atoms with Crippen LogP contribution in [0.1, 0.15) is 50.2 Å². The van der Waals surface area contributed by atoms with Gasteiger partial charge in [0, 0.05) is 18.4 Å². The first-order chi connectivity index (χ1) is 15.3. The van der Waals surface area contributed by atoms with Crippen molar-refractivity contribution in [2.75, 3.05) is 6.61 Å². The second-order valence-corrected chi connectivity index (χ2v) is 8.89. The van der Waals surface area contributed by atoms with Crippen LogP contribution in [-0.4, -0.2) is 41.3 Å². The monoisotopic (exact) mass is 436 g/mol. The van der Waals surface area contributed by atoms with E-state index in [1.165, 1.54) is 0 Å². The third-order valence-electron chi connectivity index (χ3n) is 6.59. The molecule has 2 aromatic rings. The van der Waals surface area contributed by atoms with E-state index in [0.29, 0.717) is 12.8 Å². The molecule has 0 radical (unpaired) electrons. The maximum Gasteiger partial charge on any atom is 0.407 e. The van der Waals surface area contributed by atoms with Crippen molar-refractivity contribution in [2.45, 2.75) is 50.6 Å². The number of hydrogen-bond acceptors (Lipinski definition) is 4. The summed E-state index contributed by atoms with van der Waals surface area (Å²) in [6.07, 6.45) is 0.943. The van der Waals surface area contributed by atoms with Crippen molar-refractivity contribution in [3.05, 3.63) is 59.7 Å². The van der Waals surface area contributed by atoms with Gasteiger partial charge in [-0.15, -0.1) is 0 Å². The highest BCUT2D eigenvalue weighted by Gasteiger charge is 2.46. The predicted molar refractivity (Wildman–Crippen MR) is 119 cm³/mol. The van der Waals surface area contributed by atoms with Gasteiger partial charge < -0.3 is 20.5 Å². The summed E-state index contributed by atoms with van der Waals surface area (Å²) in [6.45, 7) is 3.43. The molecule has 2 aromatic carbocycles. The summed E-state index contributed by atoms with van der Waals surface area (Å²) in [7, 11) is 0. The zero-order chi connectivity index (χ0) is 22.9. The van der Waals surface area contributed by atoms with Crippen LogP contribution in [0.2, 0.25) is 0 Å². The van der Waals surface area contributed by atoms with E-state index in [4.69, 9.17) is 9.84 Å². The van der Waals surface area contributed by atoms with Gasteiger partial charge >= 0.3 is 12.1 Å². The zero-order valence-electron chi connectivity index (χ0n) is 18.3. The third kappa shape index (κ3) is 4.47. The number of carbonyl (C=O) groups excluding carboxylic acids is 2. The standard InChI is InChI=1S/C25H28N2O5/c1-15(23(29)30)16(2)26-22(28)13-25(11-12-25)27-24(31)32-14-21-19-9-5-3-7-17(19)18-8-4-6-10-20(18)21/h3-10,15-16,21H,11-14H2,1-2H3,(H,26,28)(H,27,31)(H,29,30). The van der Waals surface area contributed by atoms with Crippen molar-refractivity contribution < 1.29 is 24.2 Å². The van der Waals surface area contributed by atoms with Gasteiger partial charge in [-0.1, -0.05) is 48.5 Å². The number of aliphatic carboxylic acids is 1. The molecule has 1 saturated carbocycles. The molecular weight excluding hydrogens is 408 g/mol. The molecule has 4 rings (SSSR count). The highest BCUT2D eigenvalue weighted by Crippen LogP contribution is 2.44. The Labute approximate surface area is 187 Å². The fourth-order valence-corrected chi connectivity index (χ4v) is 4.30. The van der Waals surface area contributed by atoms with Gasteiger partial charge in [-0.25, -0.2) is 4.79 Å². The molecule has 0 heterocycles. The largest absolute Gasteiger partial charge is 0.481 e. The summed E-state index contributed by atoms with van der Waals surface area (Å²) >= 11 is 0. The summed E-state index contributed by atoms with van der Waals surface area (Å²) in [6, 6.07) is 15.8. The van der Waals surface area contributed by atoms with Gasteiger partial charge in [-0.2, -0.15) is 0 Å². The quantitative estimate of drug-likeness (QED) is 0.586. The van der Waals surface area contributed by atoms with E-state index >= 15 is 0 Å². The number of alkyl carbamates (subject to hydrolysis) is 1.